The lowest BCUT2D eigenvalue weighted by Crippen LogP contribution is -2.10. The van der Waals surface area contributed by atoms with Crippen LogP contribution < -0.4 is 0 Å². The Labute approximate surface area is 133 Å². The first-order valence-corrected chi connectivity index (χ1v) is 11.2. The molecule has 0 heterocycles. The van der Waals surface area contributed by atoms with E-state index in [9.17, 15) is 9.67 Å². The highest BCUT2D eigenvalue weighted by Gasteiger charge is 2.09. The lowest BCUT2D eigenvalue weighted by molar-refractivity contribution is 0.183. The number of hydrogen-bond donors (Lipinski definition) is 1. The molecule has 0 aliphatic heterocycles. The van der Waals surface area contributed by atoms with E-state index in [1.807, 2.05) is 0 Å². The molecule has 3 heteroatoms. The van der Waals surface area contributed by atoms with Gasteiger partial charge in [0.15, 0.2) is 0 Å². The van der Waals surface area contributed by atoms with Crippen LogP contribution in [0.25, 0.3) is 0 Å². The molecular weight excluding hydrogens is 279 g/mol. The molecule has 2 unspecified atom stereocenters. The van der Waals surface area contributed by atoms with Crippen molar-refractivity contribution in [3.05, 3.63) is 0 Å². The Morgan fingerprint density at radius 1 is 0.762 bits per heavy atom. The fourth-order valence-corrected chi connectivity index (χ4v) is 4.31. The van der Waals surface area contributed by atoms with Gasteiger partial charge in [0.2, 0.25) is 0 Å². The van der Waals surface area contributed by atoms with Crippen LogP contribution in [-0.4, -0.2) is 23.5 Å². The van der Waals surface area contributed by atoms with Crippen LogP contribution in [0.5, 0.6) is 0 Å². The second-order valence-electron chi connectivity index (χ2n) is 6.47. The van der Waals surface area contributed by atoms with Crippen molar-refractivity contribution in [1.29, 1.82) is 0 Å². The Hall–Kier alpha value is 0.190. The van der Waals surface area contributed by atoms with Gasteiger partial charge in [-0.2, -0.15) is 0 Å². The summed E-state index contributed by atoms with van der Waals surface area (Å²) in [6.07, 6.45) is 17.0. The van der Waals surface area contributed by atoms with Crippen molar-refractivity contribution in [3.8, 4) is 0 Å². The summed E-state index contributed by atoms with van der Waals surface area (Å²) in [5.41, 5.74) is 0. The van der Waals surface area contributed by atoms with Crippen molar-refractivity contribution in [3.63, 3.8) is 0 Å². The minimum Gasteiger partial charge on any atom is -0.393 e. The van der Waals surface area contributed by atoms with Crippen LogP contribution in [0.15, 0.2) is 0 Å². The third-order valence-electron chi connectivity index (χ3n) is 4.16. The molecule has 128 valence electrons. The summed E-state index contributed by atoms with van der Waals surface area (Å²) < 4.78 is 11.9. The van der Waals surface area contributed by atoms with Gasteiger partial charge in [-0.1, -0.05) is 84.5 Å². The third kappa shape index (κ3) is 16.4. The first-order valence-electron chi connectivity index (χ1n) is 9.40. The molecule has 0 aromatic carbocycles. The maximum atomic E-state index is 11.9. The van der Waals surface area contributed by atoms with E-state index in [4.69, 9.17) is 0 Å². The molecule has 2 nitrogen and oxygen atoms in total. The Balaban J connectivity index is 3.32. The number of aliphatic hydroxyl groups is 1. The first kappa shape index (κ1) is 21.2. The summed E-state index contributed by atoms with van der Waals surface area (Å²) in [5, 5.41) is 9.87. The van der Waals surface area contributed by atoms with Crippen LogP contribution in [0.1, 0.15) is 97.3 Å². The zero-order valence-corrected chi connectivity index (χ0v) is 15.5. The second kappa shape index (κ2) is 16.6. The van der Waals surface area contributed by atoms with Gasteiger partial charge in [0.25, 0.3) is 0 Å². The van der Waals surface area contributed by atoms with Gasteiger partial charge in [0, 0.05) is 6.16 Å². The van der Waals surface area contributed by atoms with E-state index in [0.29, 0.717) is 6.16 Å². The Morgan fingerprint density at radius 3 is 1.81 bits per heavy atom. The van der Waals surface area contributed by atoms with Crippen LogP contribution in [-0.2, 0) is 4.57 Å². The molecule has 0 spiro atoms. The lowest BCUT2D eigenvalue weighted by atomic mass is 10.1. The highest BCUT2D eigenvalue weighted by Crippen LogP contribution is 2.25. The van der Waals surface area contributed by atoms with E-state index in [1.54, 1.807) is 0 Å². The molecule has 0 radical (unpaired) electrons. The molecule has 0 amide bonds. The van der Waals surface area contributed by atoms with Crippen LogP contribution >= 0.6 is 7.80 Å². The minimum atomic E-state index is -1.53. The van der Waals surface area contributed by atoms with Gasteiger partial charge < -0.3 is 9.67 Å². The van der Waals surface area contributed by atoms with Gasteiger partial charge in [-0.05, 0) is 19.0 Å². The molecule has 0 saturated carbocycles. The summed E-state index contributed by atoms with van der Waals surface area (Å²) in [7, 11) is -1.53. The van der Waals surface area contributed by atoms with E-state index in [1.165, 1.54) is 64.2 Å². The summed E-state index contributed by atoms with van der Waals surface area (Å²) in [6.45, 7) is 4.44. The van der Waals surface area contributed by atoms with E-state index in [-0.39, 0.29) is 6.10 Å². The first-order chi connectivity index (χ1) is 10.2. The molecule has 0 aromatic heterocycles. The molecule has 0 aliphatic carbocycles. The highest BCUT2D eigenvalue weighted by molar-refractivity contribution is 7.44. The van der Waals surface area contributed by atoms with Gasteiger partial charge >= 0.3 is 0 Å². The third-order valence-corrected chi connectivity index (χ3v) is 6.00. The van der Waals surface area contributed by atoms with Crippen LogP contribution in [0.2, 0.25) is 0 Å². The van der Waals surface area contributed by atoms with Gasteiger partial charge in [-0.15, -0.1) is 0 Å². The van der Waals surface area contributed by atoms with Gasteiger partial charge in [-0.25, -0.2) is 0 Å². The maximum absolute atomic E-state index is 11.9. The van der Waals surface area contributed by atoms with Crippen molar-refractivity contribution >= 4 is 7.80 Å². The summed E-state index contributed by atoms with van der Waals surface area (Å²) in [6, 6.07) is 0. The van der Waals surface area contributed by atoms with Gasteiger partial charge in [0.05, 0.1) is 13.9 Å². The van der Waals surface area contributed by atoms with Crippen LogP contribution in [0.3, 0.4) is 0 Å². The summed E-state index contributed by atoms with van der Waals surface area (Å²) >= 11 is 0. The second-order valence-corrected chi connectivity index (χ2v) is 8.46. The van der Waals surface area contributed by atoms with E-state index >= 15 is 0 Å². The topological polar surface area (TPSA) is 37.3 Å². The normalized spacial score (nSPS) is 14.2. The molecule has 2 atom stereocenters. The fourth-order valence-electron chi connectivity index (χ4n) is 2.73. The predicted octanol–water partition coefficient (Wildman–Crippen LogP) is 6.02. The van der Waals surface area contributed by atoms with Crippen molar-refractivity contribution in [1.82, 2.24) is 0 Å². The van der Waals surface area contributed by atoms with Crippen molar-refractivity contribution < 1.29 is 9.67 Å². The molecule has 0 bridgehead atoms. The molecule has 21 heavy (non-hydrogen) atoms. The highest BCUT2D eigenvalue weighted by atomic mass is 31.1. The largest absolute Gasteiger partial charge is 0.393 e. The molecule has 0 saturated heterocycles. The monoisotopic (exact) mass is 318 g/mol. The fraction of sp³-hybridized carbons (Fsp3) is 1.00. The summed E-state index contributed by atoms with van der Waals surface area (Å²) in [5.74, 6) is 0. The van der Waals surface area contributed by atoms with Gasteiger partial charge in [0.1, 0.15) is 0 Å². The van der Waals surface area contributed by atoms with E-state index in [0.717, 1.165) is 25.4 Å². The standard InChI is InChI=1S/C18H39O2P/c1-3-5-7-9-10-11-12-14-16-21(20)17-18(19)15-13-8-6-4-2/h18-19,21H,3-17H2,1-2H3. The maximum Gasteiger partial charge on any atom is 0.0787 e. The van der Waals surface area contributed by atoms with E-state index < -0.39 is 7.80 Å². The average Bonchev–Trinajstić information content (AvgIpc) is 2.46. The van der Waals surface area contributed by atoms with Crippen LogP contribution in [0, 0.1) is 0 Å². The average molecular weight is 318 g/mol. The molecular formula is C18H39O2P. The Morgan fingerprint density at radius 2 is 1.24 bits per heavy atom. The number of rotatable bonds is 16. The number of unbranched alkanes of at least 4 members (excludes halogenated alkanes) is 10. The van der Waals surface area contributed by atoms with Crippen molar-refractivity contribution in [2.24, 2.45) is 0 Å². The molecule has 0 aromatic rings. The lowest BCUT2D eigenvalue weighted by Gasteiger charge is -2.10. The molecule has 0 fully saturated rings. The smallest absolute Gasteiger partial charge is 0.0787 e. The predicted molar refractivity (Wildman–Crippen MR) is 96.1 cm³/mol. The molecule has 0 rings (SSSR count). The van der Waals surface area contributed by atoms with E-state index in [2.05, 4.69) is 13.8 Å². The Bertz CT molecular complexity index is 231. The molecule has 0 aliphatic rings. The zero-order valence-electron chi connectivity index (χ0n) is 14.5. The zero-order chi connectivity index (χ0) is 15.8. The van der Waals surface area contributed by atoms with Gasteiger partial charge in [-0.3, -0.25) is 0 Å². The minimum absolute atomic E-state index is 0.317. The Kier molecular flexibility index (Phi) is 16.7. The quantitative estimate of drug-likeness (QED) is 0.279. The SMILES string of the molecule is CCCCCCCCCC[PH](=O)CC(O)CCCCCC. The number of aliphatic hydroxyl groups excluding tert-OH is 1. The van der Waals surface area contributed by atoms with Crippen molar-refractivity contribution in [2.45, 2.75) is 103 Å². The van der Waals surface area contributed by atoms with Crippen LogP contribution in [0.4, 0.5) is 0 Å². The van der Waals surface area contributed by atoms with Crippen molar-refractivity contribution in [2.75, 3.05) is 12.3 Å². The number of hydrogen-bond acceptors (Lipinski definition) is 2. The summed E-state index contributed by atoms with van der Waals surface area (Å²) in [4.78, 5) is 0. The molecule has 1 N–H and O–H groups in total.